The number of hydrogen-bond acceptors (Lipinski definition) is 6. The molecule has 8 heteroatoms. The van der Waals surface area contributed by atoms with E-state index in [1.165, 1.54) is 30.6 Å². The van der Waals surface area contributed by atoms with Crippen LogP contribution in [-0.2, 0) is 0 Å². The molecule has 1 aromatic carbocycles. The van der Waals surface area contributed by atoms with Crippen LogP contribution in [0.3, 0.4) is 0 Å². The number of methoxy groups -OCH3 is 1. The molecule has 0 saturated carbocycles. The molecule has 0 aliphatic heterocycles. The zero-order valence-corrected chi connectivity index (χ0v) is 13.3. The van der Waals surface area contributed by atoms with Crippen LogP contribution in [0.5, 0.6) is 5.75 Å². The van der Waals surface area contributed by atoms with Crippen LogP contribution < -0.4 is 10.1 Å². The van der Waals surface area contributed by atoms with Gasteiger partial charge in [-0.1, -0.05) is 36.9 Å². The summed E-state index contributed by atoms with van der Waals surface area (Å²) in [6, 6.07) is 4.02. The van der Waals surface area contributed by atoms with Gasteiger partial charge in [0.05, 0.1) is 7.11 Å². The average Bonchev–Trinajstić information content (AvgIpc) is 2.84. The highest BCUT2D eigenvalue weighted by molar-refractivity contribution is 8.01. The number of amides is 1. The highest BCUT2D eigenvalue weighted by Gasteiger charge is 2.13. The van der Waals surface area contributed by atoms with E-state index in [9.17, 15) is 9.18 Å². The summed E-state index contributed by atoms with van der Waals surface area (Å²) in [7, 11) is 1.37. The molecule has 1 N–H and O–H groups in total. The van der Waals surface area contributed by atoms with Crippen molar-refractivity contribution in [2.24, 2.45) is 0 Å². The van der Waals surface area contributed by atoms with E-state index in [-0.39, 0.29) is 11.3 Å². The van der Waals surface area contributed by atoms with Crippen LogP contribution in [0.25, 0.3) is 0 Å². The molecule has 0 spiro atoms. The normalized spacial score (nSPS) is 10.7. The standard InChI is InChI=1S/C13H14FN3O2S2/c1-7(2)20-13-17-16-12(21-13)15-11(18)8-4-5-10(19-3)9(14)6-8/h4-7H,1-3H3,(H,15,16,18). The molecule has 1 heterocycles. The minimum Gasteiger partial charge on any atom is -0.494 e. The van der Waals surface area contributed by atoms with Crippen molar-refractivity contribution in [2.75, 3.05) is 12.4 Å². The van der Waals surface area contributed by atoms with Gasteiger partial charge in [-0.3, -0.25) is 10.1 Å². The van der Waals surface area contributed by atoms with E-state index < -0.39 is 11.7 Å². The molecule has 0 saturated heterocycles. The first-order valence-electron chi connectivity index (χ1n) is 6.14. The largest absolute Gasteiger partial charge is 0.494 e. The second-order valence-corrected chi connectivity index (χ2v) is 7.14. The summed E-state index contributed by atoms with van der Waals surface area (Å²) in [5, 5.41) is 11.2. The zero-order chi connectivity index (χ0) is 15.4. The van der Waals surface area contributed by atoms with Gasteiger partial charge in [-0.05, 0) is 18.2 Å². The summed E-state index contributed by atoms with van der Waals surface area (Å²) in [5.74, 6) is -0.926. The molecular formula is C13H14FN3O2S2. The van der Waals surface area contributed by atoms with Crippen LogP contribution in [-0.4, -0.2) is 28.5 Å². The Bertz CT molecular complexity index is 646. The van der Waals surface area contributed by atoms with E-state index in [0.29, 0.717) is 10.4 Å². The summed E-state index contributed by atoms with van der Waals surface area (Å²) < 4.78 is 19.2. The Kier molecular flexibility index (Phi) is 5.13. The molecule has 0 radical (unpaired) electrons. The van der Waals surface area contributed by atoms with Crippen LogP contribution in [0.1, 0.15) is 24.2 Å². The predicted molar refractivity (Wildman–Crippen MR) is 81.8 cm³/mol. The summed E-state index contributed by atoms with van der Waals surface area (Å²) in [6.45, 7) is 4.09. The number of thioether (sulfide) groups is 1. The van der Waals surface area contributed by atoms with Crippen molar-refractivity contribution in [2.45, 2.75) is 23.4 Å². The minimum absolute atomic E-state index is 0.0954. The molecule has 0 atom stereocenters. The zero-order valence-electron chi connectivity index (χ0n) is 11.7. The van der Waals surface area contributed by atoms with Crippen molar-refractivity contribution < 1.29 is 13.9 Å². The van der Waals surface area contributed by atoms with Gasteiger partial charge >= 0.3 is 0 Å². The number of hydrogen-bond donors (Lipinski definition) is 1. The van der Waals surface area contributed by atoms with Crippen LogP contribution >= 0.6 is 23.1 Å². The smallest absolute Gasteiger partial charge is 0.257 e. The monoisotopic (exact) mass is 327 g/mol. The fraction of sp³-hybridized carbons (Fsp3) is 0.308. The number of carbonyl (C=O) groups excluding carboxylic acids is 1. The molecule has 0 aliphatic rings. The number of anilines is 1. The maximum atomic E-state index is 13.6. The Morgan fingerprint density at radius 1 is 1.43 bits per heavy atom. The van der Waals surface area contributed by atoms with Gasteiger partial charge in [0.25, 0.3) is 5.91 Å². The number of nitrogens with one attached hydrogen (secondary N) is 1. The van der Waals surface area contributed by atoms with Gasteiger partial charge in [-0.2, -0.15) is 0 Å². The highest BCUT2D eigenvalue weighted by atomic mass is 32.2. The summed E-state index contributed by atoms with van der Waals surface area (Å²) >= 11 is 2.85. The van der Waals surface area contributed by atoms with Gasteiger partial charge in [-0.15, -0.1) is 10.2 Å². The lowest BCUT2D eigenvalue weighted by atomic mass is 10.2. The number of carbonyl (C=O) groups is 1. The molecule has 112 valence electrons. The first kappa shape index (κ1) is 15.7. The van der Waals surface area contributed by atoms with Gasteiger partial charge in [-0.25, -0.2) is 4.39 Å². The SMILES string of the molecule is COc1ccc(C(=O)Nc2nnc(SC(C)C)s2)cc1F. The third kappa shape index (κ3) is 4.15. The number of aromatic nitrogens is 2. The fourth-order valence-corrected chi connectivity index (χ4v) is 3.46. The molecule has 2 aromatic rings. The van der Waals surface area contributed by atoms with Crippen LogP contribution in [0.4, 0.5) is 9.52 Å². The Morgan fingerprint density at radius 2 is 2.19 bits per heavy atom. The second kappa shape index (κ2) is 6.86. The molecule has 2 rings (SSSR count). The Balaban J connectivity index is 2.07. The molecular weight excluding hydrogens is 313 g/mol. The lowest BCUT2D eigenvalue weighted by Gasteiger charge is -2.04. The van der Waals surface area contributed by atoms with Crippen LogP contribution in [0, 0.1) is 5.82 Å². The second-order valence-electron chi connectivity index (χ2n) is 4.34. The van der Waals surface area contributed by atoms with Gasteiger partial charge in [0.2, 0.25) is 5.13 Å². The predicted octanol–water partition coefficient (Wildman–Crippen LogP) is 3.44. The van der Waals surface area contributed by atoms with Gasteiger partial charge in [0.1, 0.15) is 0 Å². The van der Waals surface area contributed by atoms with Crippen LogP contribution in [0.15, 0.2) is 22.5 Å². The first-order chi connectivity index (χ1) is 9.99. The molecule has 21 heavy (non-hydrogen) atoms. The minimum atomic E-state index is -0.585. The summed E-state index contributed by atoms with van der Waals surface area (Å²) in [6.07, 6.45) is 0. The Morgan fingerprint density at radius 3 is 2.81 bits per heavy atom. The summed E-state index contributed by atoms with van der Waals surface area (Å²) in [4.78, 5) is 12.0. The number of halogens is 1. The first-order valence-corrected chi connectivity index (χ1v) is 7.84. The molecule has 0 fully saturated rings. The van der Waals surface area contributed by atoms with Crippen LogP contribution in [0.2, 0.25) is 0 Å². The molecule has 0 bridgehead atoms. The van der Waals surface area contributed by atoms with Crippen molar-refractivity contribution in [3.63, 3.8) is 0 Å². The molecule has 1 aromatic heterocycles. The van der Waals surface area contributed by atoms with Crippen molar-refractivity contribution >= 4 is 34.1 Å². The van der Waals surface area contributed by atoms with Crippen molar-refractivity contribution in [1.29, 1.82) is 0 Å². The van der Waals surface area contributed by atoms with E-state index in [2.05, 4.69) is 15.5 Å². The maximum absolute atomic E-state index is 13.6. The highest BCUT2D eigenvalue weighted by Crippen LogP contribution is 2.28. The van der Waals surface area contributed by atoms with E-state index in [4.69, 9.17) is 4.74 Å². The summed E-state index contributed by atoms with van der Waals surface area (Å²) in [5.41, 5.74) is 0.196. The Hall–Kier alpha value is -1.67. The van der Waals surface area contributed by atoms with Crippen molar-refractivity contribution in [1.82, 2.24) is 10.2 Å². The fourth-order valence-electron chi connectivity index (χ4n) is 1.49. The third-order valence-electron chi connectivity index (χ3n) is 2.38. The molecule has 0 unspecified atom stereocenters. The maximum Gasteiger partial charge on any atom is 0.257 e. The van der Waals surface area contributed by atoms with E-state index >= 15 is 0 Å². The van der Waals surface area contributed by atoms with E-state index in [0.717, 1.165) is 10.4 Å². The quantitative estimate of drug-likeness (QED) is 0.673. The van der Waals surface area contributed by atoms with Crippen molar-refractivity contribution in [3.8, 4) is 5.75 Å². The van der Waals surface area contributed by atoms with E-state index in [1.54, 1.807) is 11.8 Å². The van der Waals surface area contributed by atoms with Gasteiger partial charge < -0.3 is 4.74 Å². The van der Waals surface area contributed by atoms with Gasteiger partial charge in [0.15, 0.2) is 15.9 Å². The van der Waals surface area contributed by atoms with Gasteiger partial charge in [0, 0.05) is 10.8 Å². The Labute approximate surface area is 129 Å². The third-order valence-corrected chi connectivity index (χ3v) is 4.30. The average molecular weight is 327 g/mol. The lowest BCUT2D eigenvalue weighted by molar-refractivity contribution is 0.102. The van der Waals surface area contributed by atoms with Crippen molar-refractivity contribution in [3.05, 3.63) is 29.6 Å². The topological polar surface area (TPSA) is 64.1 Å². The molecule has 1 amide bonds. The number of benzene rings is 1. The molecule has 0 aliphatic carbocycles. The number of nitrogens with zero attached hydrogens (tertiary/aromatic N) is 2. The van der Waals surface area contributed by atoms with E-state index in [1.807, 2.05) is 13.8 Å². The molecule has 5 nitrogen and oxygen atoms in total. The number of ether oxygens (including phenoxy) is 1. The number of rotatable bonds is 5. The lowest BCUT2D eigenvalue weighted by Crippen LogP contribution is -2.12.